The quantitative estimate of drug-likeness (QED) is 0.483. The minimum absolute atomic E-state index is 0.292. The van der Waals surface area contributed by atoms with Gasteiger partial charge in [0, 0.05) is 24.8 Å². The van der Waals surface area contributed by atoms with Crippen molar-refractivity contribution < 1.29 is 9.59 Å². The van der Waals surface area contributed by atoms with Crippen LogP contribution in [-0.2, 0) is 6.54 Å². The van der Waals surface area contributed by atoms with Gasteiger partial charge in [0.2, 0.25) is 0 Å². The van der Waals surface area contributed by atoms with E-state index in [1.165, 1.54) is 0 Å². The smallest absolute Gasteiger partial charge is 0.258 e. The predicted octanol–water partition coefficient (Wildman–Crippen LogP) is 2.94. The van der Waals surface area contributed by atoms with Gasteiger partial charge in [0.05, 0.1) is 17.8 Å². The van der Waals surface area contributed by atoms with E-state index >= 15 is 0 Å². The second-order valence-corrected chi connectivity index (χ2v) is 7.38. The highest BCUT2D eigenvalue weighted by atomic mass is 16.2. The molecule has 0 unspecified atom stereocenters. The van der Waals surface area contributed by atoms with Crippen LogP contribution in [0.1, 0.15) is 31.8 Å². The lowest BCUT2D eigenvalue weighted by atomic mass is 10.1. The van der Waals surface area contributed by atoms with Crippen LogP contribution < -0.4 is 21.3 Å². The number of benzene rings is 2. The number of para-hydroxylation sites is 1. The van der Waals surface area contributed by atoms with Crippen LogP contribution in [0.15, 0.2) is 71.9 Å². The number of aryl methyl sites for hydroxylation is 1. The van der Waals surface area contributed by atoms with Crippen molar-refractivity contribution in [3.05, 3.63) is 89.1 Å². The molecule has 0 saturated heterocycles. The number of nitrogens with one attached hydrogen (secondary N) is 4. The molecule has 4 rings (SSSR count). The van der Waals surface area contributed by atoms with Gasteiger partial charge in [-0.2, -0.15) is 0 Å². The topological polar surface area (TPSA) is 108 Å². The van der Waals surface area contributed by atoms with Crippen molar-refractivity contribution in [3.63, 3.8) is 0 Å². The molecule has 2 aromatic carbocycles. The van der Waals surface area contributed by atoms with Crippen LogP contribution in [0.2, 0.25) is 0 Å². The molecule has 0 radical (unpaired) electrons. The van der Waals surface area contributed by atoms with Crippen LogP contribution in [-0.4, -0.2) is 35.8 Å². The largest absolute Gasteiger partial charge is 0.355 e. The summed E-state index contributed by atoms with van der Waals surface area (Å²) in [4.78, 5) is 34.0. The van der Waals surface area contributed by atoms with E-state index in [0.717, 1.165) is 30.2 Å². The van der Waals surface area contributed by atoms with Gasteiger partial charge < -0.3 is 21.3 Å². The number of amides is 2. The Morgan fingerprint density at radius 1 is 0.969 bits per heavy atom. The standard InChI is InChI=1S/C24H24N6O2/c1-16-6-11-21(27-14-16)30-23(32)19-4-2-3-5-20(19)29-22(31)18-9-7-17(8-10-18)15-28-24-25-12-13-26-24/h2-11,14H,12-13,15H2,1H3,(H,29,31)(H2,25,26,28)(H,27,30,32). The van der Waals surface area contributed by atoms with Crippen molar-refractivity contribution in [2.45, 2.75) is 13.5 Å². The van der Waals surface area contributed by atoms with E-state index in [9.17, 15) is 9.59 Å². The minimum atomic E-state index is -0.345. The number of carbonyl (C=O) groups excluding carboxylic acids is 2. The predicted molar refractivity (Wildman–Crippen MR) is 125 cm³/mol. The summed E-state index contributed by atoms with van der Waals surface area (Å²) in [5.41, 5.74) is 3.32. The number of aliphatic imine (C=N–C) groups is 1. The van der Waals surface area contributed by atoms with Crippen LogP contribution in [0.3, 0.4) is 0 Å². The molecule has 0 fully saturated rings. The highest BCUT2D eigenvalue weighted by Crippen LogP contribution is 2.18. The summed E-state index contributed by atoms with van der Waals surface area (Å²) in [5, 5.41) is 12.0. The molecule has 2 heterocycles. The molecular weight excluding hydrogens is 404 g/mol. The first-order valence-corrected chi connectivity index (χ1v) is 10.3. The number of anilines is 2. The maximum atomic E-state index is 12.8. The number of rotatable bonds is 6. The van der Waals surface area contributed by atoms with Gasteiger partial charge in [0.25, 0.3) is 11.8 Å². The summed E-state index contributed by atoms with van der Waals surface area (Å²) >= 11 is 0. The van der Waals surface area contributed by atoms with Crippen LogP contribution in [0.25, 0.3) is 0 Å². The number of hydrogen-bond donors (Lipinski definition) is 4. The lowest BCUT2D eigenvalue weighted by Gasteiger charge is -2.12. The zero-order chi connectivity index (χ0) is 22.3. The molecule has 0 atom stereocenters. The Balaban J connectivity index is 1.40. The van der Waals surface area contributed by atoms with Gasteiger partial charge in [-0.3, -0.25) is 14.6 Å². The molecule has 1 aliphatic heterocycles. The third-order valence-corrected chi connectivity index (χ3v) is 4.92. The fraction of sp³-hybridized carbons (Fsp3) is 0.167. The molecule has 0 spiro atoms. The molecule has 0 bridgehead atoms. The number of guanidine groups is 1. The Hall–Kier alpha value is -4.20. The molecule has 162 valence electrons. The summed E-state index contributed by atoms with van der Waals surface area (Å²) in [6.07, 6.45) is 1.68. The summed E-state index contributed by atoms with van der Waals surface area (Å²) in [6.45, 7) is 4.17. The van der Waals surface area contributed by atoms with E-state index in [0.29, 0.717) is 29.2 Å². The molecule has 1 aliphatic rings. The highest BCUT2D eigenvalue weighted by Gasteiger charge is 2.15. The monoisotopic (exact) mass is 428 g/mol. The fourth-order valence-corrected chi connectivity index (χ4v) is 3.19. The normalized spacial score (nSPS) is 12.5. The Labute approximate surface area is 186 Å². The second kappa shape index (κ2) is 9.74. The fourth-order valence-electron chi connectivity index (χ4n) is 3.19. The summed E-state index contributed by atoms with van der Waals surface area (Å²) in [6, 6.07) is 17.8. The number of nitrogens with zero attached hydrogens (tertiary/aromatic N) is 2. The first kappa shape index (κ1) is 21.0. The first-order chi connectivity index (χ1) is 15.6. The zero-order valence-electron chi connectivity index (χ0n) is 17.7. The summed E-state index contributed by atoms with van der Waals surface area (Å²) in [5.74, 6) is 0.606. The highest BCUT2D eigenvalue weighted by molar-refractivity contribution is 6.12. The van der Waals surface area contributed by atoms with E-state index in [1.807, 2.05) is 25.1 Å². The Kier molecular flexibility index (Phi) is 6.41. The van der Waals surface area contributed by atoms with Gasteiger partial charge in [-0.1, -0.05) is 30.3 Å². The van der Waals surface area contributed by atoms with E-state index in [-0.39, 0.29) is 11.8 Å². The molecule has 8 heteroatoms. The van der Waals surface area contributed by atoms with Crippen LogP contribution in [0, 0.1) is 6.92 Å². The Bertz CT molecular complexity index is 1140. The number of pyridine rings is 1. The van der Waals surface area contributed by atoms with Crippen LogP contribution in [0.4, 0.5) is 11.5 Å². The van der Waals surface area contributed by atoms with E-state index in [4.69, 9.17) is 0 Å². The van der Waals surface area contributed by atoms with Gasteiger partial charge >= 0.3 is 0 Å². The van der Waals surface area contributed by atoms with Gasteiger partial charge in [-0.15, -0.1) is 0 Å². The average Bonchev–Trinajstić information content (AvgIpc) is 3.33. The van der Waals surface area contributed by atoms with Gasteiger partial charge in [0.1, 0.15) is 5.82 Å². The second-order valence-electron chi connectivity index (χ2n) is 7.38. The SMILES string of the molecule is Cc1ccc(NC(=O)c2ccccc2NC(=O)c2ccc(CNC3=NCCN3)cc2)nc1. The number of aromatic nitrogens is 1. The maximum absolute atomic E-state index is 12.8. The molecule has 0 aliphatic carbocycles. The van der Waals surface area contributed by atoms with Gasteiger partial charge in [-0.05, 0) is 48.4 Å². The molecule has 3 aromatic rings. The van der Waals surface area contributed by atoms with E-state index < -0.39 is 0 Å². The minimum Gasteiger partial charge on any atom is -0.355 e. The maximum Gasteiger partial charge on any atom is 0.258 e. The molecule has 1 aromatic heterocycles. The zero-order valence-corrected chi connectivity index (χ0v) is 17.7. The van der Waals surface area contributed by atoms with Crippen molar-refractivity contribution in [3.8, 4) is 0 Å². The lowest BCUT2D eigenvalue weighted by Crippen LogP contribution is -2.33. The van der Waals surface area contributed by atoms with Crippen molar-refractivity contribution in [1.29, 1.82) is 0 Å². The molecular formula is C24H24N6O2. The molecule has 8 nitrogen and oxygen atoms in total. The van der Waals surface area contributed by atoms with Crippen molar-refractivity contribution in [2.75, 3.05) is 23.7 Å². The van der Waals surface area contributed by atoms with Crippen LogP contribution in [0.5, 0.6) is 0 Å². The summed E-state index contributed by atoms with van der Waals surface area (Å²) in [7, 11) is 0. The first-order valence-electron chi connectivity index (χ1n) is 10.3. The van der Waals surface area contributed by atoms with Gasteiger partial charge in [-0.25, -0.2) is 4.98 Å². The van der Waals surface area contributed by atoms with E-state index in [2.05, 4.69) is 31.2 Å². The number of carbonyl (C=O) groups is 2. The van der Waals surface area contributed by atoms with Crippen molar-refractivity contribution in [2.24, 2.45) is 4.99 Å². The molecule has 32 heavy (non-hydrogen) atoms. The third kappa shape index (κ3) is 5.28. The van der Waals surface area contributed by atoms with Crippen molar-refractivity contribution >= 4 is 29.3 Å². The van der Waals surface area contributed by atoms with Crippen LogP contribution >= 0.6 is 0 Å². The lowest BCUT2D eigenvalue weighted by molar-refractivity contribution is 0.102. The molecule has 4 N–H and O–H groups in total. The Morgan fingerprint density at radius 2 is 1.78 bits per heavy atom. The Morgan fingerprint density at radius 3 is 2.50 bits per heavy atom. The van der Waals surface area contributed by atoms with Crippen molar-refractivity contribution in [1.82, 2.24) is 15.6 Å². The summed E-state index contributed by atoms with van der Waals surface area (Å²) < 4.78 is 0. The average molecular weight is 428 g/mol. The van der Waals surface area contributed by atoms with Gasteiger partial charge in [0.15, 0.2) is 5.96 Å². The van der Waals surface area contributed by atoms with E-state index in [1.54, 1.807) is 48.7 Å². The number of hydrogen-bond acceptors (Lipinski definition) is 6. The third-order valence-electron chi connectivity index (χ3n) is 4.92. The molecule has 0 saturated carbocycles. The molecule has 2 amide bonds.